The number of piperidine rings is 1. The van der Waals surface area contributed by atoms with E-state index in [1.54, 1.807) is 7.11 Å². The lowest BCUT2D eigenvalue weighted by atomic mass is 9.96. The number of carbonyl (C=O) groups excluding carboxylic acids is 1. The van der Waals surface area contributed by atoms with E-state index in [4.69, 9.17) is 4.74 Å². The highest BCUT2D eigenvalue weighted by Crippen LogP contribution is 2.22. The third-order valence-corrected chi connectivity index (χ3v) is 5.01. The van der Waals surface area contributed by atoms with Crippen LogP contribution < -0.4 is 15.0 Å². The first kappa shape index (κ1) is 19.1. The van der Waals surface area contributed by atoms with Gasteiger partial charge in [0.2, 0.25) is 11.9 Å². The summed E-state index contributed by atoms with van der Waals surface area (Å²) in [6.45, 7) is 6.22. The molecule has 1 saturated heterocycles. The number of hydrogen-bond acceptors (Lipinski definition) is 5. The summed E-state index contributed by atoms with van der Waals surface area (Å²) in [4.78, 5) is 23.7. The van der Waals surface area contributed by atoms with Crippen LogP contribution in [0.5, 0.6) is 5.75 Å². The molecule has 0 radical (unpaired) electrons. The number of aryl methyl sites for hydroxylation is 2. The fourth-order valence-corrected chi connectivity index (χ4v) is 3.56. The lowest BCUT2D eigenvalue weighted by Gasteiger charge is -2.31. The number of benzene rings is 1. The molecule has 1 aliphatic rings. The van der Waals surface area contributed by atoms with Gasteiger partial charge in [-0.1, -0.05) is 18.2 Å². The van der Waals surface area contributed by atoms with Crippen LogP contribution in [0.3, 0.4) is 0 Å². The minimum atomic E-state index is 0.0600. The normalized spacial score (nSPS) is 14.9. The maximum atomic E-state index is 12.5. The minimum Gasteiger partial charge on any atom is -0.496 e. The van der Waals surface area contributed by atoms with Crippen LogP contribution >= 0.6 is 0 Å². The minimum absolute atomic E-state index is 0.0600. The largest absolute Gasteiger partial charge is 0.496 e. The van der Waals surface area contributed by atoms with E-state index in [1.807, 2.05) is 44.2 Å². The van der Waals surface area contributed by atoms with Crippen molar-refractivity contribution in [1.82, 2.24) is 15.3 Å². The van der Waals surface area contributed by atoms with Gasteiger partial charge in [0.05, 0.1) is 7.11 Å². The van der Waals surface area contributed by atoms with Crippen LogP contribution in [0.2, 0.25) is 0 Å². The molecule has 2 heterocycles. The Morgan fingerprint density at radius 2 is 1.85 bits per heavy atom. The molecule has 1 fully saturated rings. The molecule has 0 saturated carbocycles. The van der Waals surface area contributed by atoms with Crippen molar-refractivity contribution in [2.75, 3.05) is 31.6 Å². The van der Waals surface area contributed by atoms with E-state index in [1.165, 1.54) is 0 Å². The maximum Gasteiger partial charge on any atom is 0.225 e. The summed E-state index contributed by atoms with van der Waals surface area (Å²) in [7, 11) is 1.67. The van der Waals surface area contributed by atoms with Gasteiger partial charge in [-0.25, -0.2) is 9.97 Å². The second-order valence-electron chi connectivity index (χ2n) is 7.06. The van der Waals surface area contributed by atoms with E-state index in [0.717, 1.165) is 61.0 Å². The molecule has 144 valence electrons. The summed E-state index contributed by atoms with van der Waals surface area (Å²) in [5, 5.41) is 3.08. The van der Waals surface area contributed by atoms with Gasteiger partial charge in [-0.2, -0.15) is 0 Å². The highest BCUT2D eigenvalue weighted by Gasteiger charge is 2.26. The topological polar surface area (TPSA) is 67.3 Å². The Balaban J connectivity index is 1.47. The fraction of sp³-hybridized carbons (Fsp3) is 0.476. The molecule has 6 nitrogen and oxygen atoms in total. The molecule has 3 rings (SSSR count). The van der Waals surface area contributed by atoms with Crippen molar-refractivity contribution in [2.24, 2.45) is 5.92 Å². The number of amides is 1. The Labute approximate surface area is 161 Å². The van der Waals surface area contributed by atoms with Crippen LogP contribution in [0.4, 0.5) is 5.95 Å². The number of ether oxygens (including phenoxy) is 1. The summed E-state index contributed by atoms with van der Waals surface area (Å²) in [6.07, 6.45) is 2.43. The predicted molar refractivity (Wildman–Crippen MR) is 106 cm³/mol. The van der Waals surface area contributed by atoms with Crippen LogP contribution in [0.1, 0.15) is 29.8 Å². The van der Waals surface area contributed by atoms with Crippen molar-refractivity contribution >= 4 is 11.9 Å². The fourth-order valence-electron chi connectivity index (χ4n) is 3.56. The summed E-state index contributed by atoms with van der Waals surface area (Å²) < 4.78 is 5.36. The van der Waals surface area contributed by atoms with E-state index >= 15 is 0 Å². The number of aromatic nitrogens is 2. The summed E-state index contributed by atoms with van der Waals surface area (Å²) in [6, 6.07) is 9.90. The molecule has 0 unspecified atom stereocenters. The van der Waals surface area contributed by atoms with Crippen LogP contribution in [-0.2, 0) is 11.2 Å². The lowest BCUT2D eigenvalue weighted by molar-refractivity contribution is -0.125. The first-order valence-corrected chi connectivity index (χ1v) is 9.53. The molecule has 2 aromatic rings. The van der Waals surface area contributed by atoms with Crippen LogP contribution in [-0.4, -0.2) is 42.6 Å². The average molecular weight is 368 g/mol. The Bertz CT molecular complexity index is 765. The summed E-state index contributed by atoms with van der Waals surface area (Å²) in [5.74, 6) is 1.85. The Morgan fingerprint density at radius 3 is 2.52 bits per heavy atom. The first-order chi connectivity index (χ1) is 13.1. The molecule has 1 aliphatic heterocycles. The zero-order valence-corrected chi connectivity index (χ0v) is 16.4. The van der Waals surface area contributed by atoms with Gasteiger partial charge in [0.25, 0.3) is 0 Å². The number of hydrogen-bond donors (Lipinski definition) is 1. The molecule has 27 heavy (non-hydrogen) atoms. The van der Waals surface area contributed by atoms with Crippen molar-refractivity contribution < 1.29 is 9.53 Å². The Kier molecular flexibility index (Phi) is 6.27. The molecule has 0 bridgehead atoms. The lowest BCUT2D eigenvalue weighted by Crippen LogP contribution is -2.41. The smallest absolute Gasteiger partial charge is 0.225 e. The van der Waals surface area contributed by atoms with E-state index in [-0.39, 0.29) is 11.8 Å². The molecular formula is C21H28N4O2. The first-order valence-electron chi connectivity index (χ1n) is 9.53. The van der Waals surface area contributed by atoms with Crippen molar-refractivity contribution in [3.8, 4) is 5.75 Å². The molecule has 0 spiro atoms. The molecule has 1 aromatic carbocycles. The second kappa shape index (κ2) is 8.84. The Hall–Kier alpha value is -2.63. The second-order valence-corrected chi connectivity index (χ2v) is 7.06. The third-order valence-electron chi connectivity index (χ3n) is 5.01. The predicted octanol–water partition coefficient (Wildman–Crippen LogP) is 2.68. The maximum absolute atomic E-state index is 12.5. The third kappa shape index (κ3) is 4.96. The Morgan fingerprint density at radius 1 is 1.19 bits per heavy atom. The number of para-hydroxylation sites is 1. The van der Waals surface area contributed by atoms with E-state index in [2.05, 4.69) is 20.2 Å². The van der Waals surface area contributed by atoms with Gasteiger partial charge < -0.3 is 15.0 Å². The van der Waals surface area contributed by atoms with Crippen molar-refractivity contribution in [2.45, 2.75) is 33.1 Å². The van der Waals surface area contributed by atoms with Gasteiger partial charge >= 0.3 is 0 Å². The van der Waals surface area contributed by atoms with Gasteiger partial charge in [0.1, 0.15) is 5.75 Å². The van der Waals surface area contributed by atoms with Gasteiger partial charge in [-0.3, -0.25) is 4.79 Å². The van der Waals surface area contributed by atoms with Gasteiger partial charge in [-0.05, 0) is 50.8 Å². The highest BCUT2D eigenvalue weighted by molar-refractivity contribution is 5.79. The van der Waals surface area contributed by atoms with Gasteiger partial charge in [0.15, 0.2) is 0 Å². The van der Waals surface area contributed by atoms with Gasteiger partial charge in [0, 0.05) is 36.9 Å². The zero-order valence-electron chi connectivity index (χ0n) is 16.4. The standard InChI is InChI=1S/C21H28N4O2/c1-15-14-16(2)24-21(23-15)25-12-9-18(10-13-25)20(26)22-11-8-17-6-4-5-7-19(17)27-3/h4-7,14,18H,8-13H2,1-3H3,(H,22,26). The van der Waals surface area contributed by atoms with Crippen molar-refractivity contribution in [3.05, 3.63) is 47.3 Å². The molecule has 1 N–H and O–H groups in total. The molecular weight excluding hydrogens is 340 g/mol. The zero-order chi connectivity index (χ0) is 19.2. The number of nitrogens with one attached hydrogen (secondary N) is 1. The van der Waals surface area contributed by atoms with Crippen LogP contribution in [0.15, 0.2) is 30.3 Å². The highest BCUT2D eigenvalue weighted by atomic mass is 16.5. The van der Waals surface area contributed by atoms with E-state index in [9.17, 15) is 4.79 Å². The number of methoxy groups -OCH3 is 1. The molecule has 0 aliphatic carbocycles. The monoisotopic (exact) mass is 368 g/mol. The number of nitrogens with zero attached hydrogens (tertiary/aromatic N) is 3. The number of rotatable bonds is 6. The number of carbonyl (C=O) groups is 1. The SMILES string of the molecule is COc1ccccc1CCNC(=O)C1CCN(c2nc(C)cc(C)n2)CC1. The molecule has 0 atom stereocenters. The van der Waals surface area contributed by atoms with Gasteiger partial charge in [-0.15, -0.1) is 0 Å². The molecule has 1 amide bonds. The molecule has 6 heteroatoms. The molecule has 1 aromatic heterocycles. The van der Waals surface area contributed by atoms with E-state index in [0.29, 0.717) is 6.54 Å². The van der Waals surface area contributed by atoms with Crippen LogP contribution in [0.25, 0.3) is 0 Å². The van der Waals surface area contributed by atoms with Crippen molar-refractivity contribution in [1.29, 1.82) is 0 Å². The van der Waals surface area contributed by atoms with Crippen LogP contribution in [0, 0.1) is 19.8 Å². The summed E-state index contributed by atoms with van der Waals surface area (Å²) in [5.41, 5.74) is 3.07. The average Bonchev–Trinajstić information content (AvgIpc) is 2.67. The number of anilines is 1. The van der Waals surface area contributed by atoms with E-state index < -0.39 is 0 Å². The van der Waals surface area contributed by atoms with Crippen molar-refractivity contribution in [3.63, 3.8) is 0 Å². The quantitative estimate of drug-likeness (QED) is 0.849. The summed E-state index contributed by atoms with van der Waals surface area (Å²) >= 11 is 0.